The molecule has 0 bridgehead atoms. The van der Waals surface area contributed by atoms with Crippen molar-refractivity contribution in [1.29, 1.82) is 0 Å². The zero-order valence-electron chi connectivity index (χ0n) is 14.1. The van der Waals surface area contributed by atoms with Crippen molar-refractivity contribution in [1.82, 2.24) is 10.2 Å². The smallest absolute Gasteiger partial charge is 0.225 e. The van der Waals surface area contributed by atoms with Crippen molar-refractivity contribution in [2.24, 2.45) is 5.92 Å². The summed E-state index contributed by atoms with van der Waals surface area (Å²) in [5.74, 6) is 1.45. The molecule has 5 nitrogen and oxygen atoms in total. The molecule has 2 aliphatic rings. The van der Waals surface area contributed by atoms with Crippen molar-refractivity contribution >= 4 is 11.6 Å². The minimum atomic E-state index is 0.198. The lowest BCUT2D eigenvalue weighted by Crippen LogP contribution is -2.52. The Kier molecular flexibility index (Phi) is 5.06. The zero-order valence-corrected chi connectivity index (χ0v) is 14.1. The second-order valence-electron chi connectivity index (χ2n) is 6.56. The fourth-order valence-electron chi connectivity index (χ4n) is 3.67. The molecule has 1 aromatic carbocycles. The Bertz CT molecular complexity index is 541. The highest BCUT2D eigenvalue weighted by Crippen LogP contribution is 2.29. The fraction of sp³-hybridized carbons (Fsp3) is 0.611. The van der Waals surface area contributed by atoms with E-state index >= 15 is 0 Å². The fourth-order valence-corrected chi connectivity index (χ4v) is 3.67. The molecule has 0 saturated carbocycles. The van der Waals surface area contributed by atoms with Gasteiger partial charge in [0.05, 0.1) is 12.8 Å². The van der Waals surface area contributed by atoms with Crippen LogP contribution in [-0.4, -0.2) is 56.7 Å². The minimum absolute atomic E-state index is 0.198. The summed E-state index contributed by atoms with van der Waals surface area (Å²) in [4.78, 5) is 17.1. The molecule has 1 N–H and O–H groups in total. The van der Waals surface area contributed by atoms with Gasteiger partial charge in [-0.2, -0.15) is 0 Å². The lowest BCUT2D eigenvalue weighted by Gasteiger charge is -2.39. The summed E-state index contributed by atoms with van der Waals surface area (Å²) < 4.78 is 5.45. The number of hydrogen-bond donors (Lipinski definition) is 1. The molecule has 0 spiro atoms. The normalized spacial score (nSPS) is 25.3. The molecule has 1 amide bonds. The van der Waals surface area contributed by atoms with E-state index in [4.69, 9.17) is 4.74 Å². The van der Waals surface area contributed by atoms with Gasteiger partial charge in [0.15, 0.2) is 0 Å². The van der Waals surface area contributed by atoms with Crippen molar-refractivity contribution in [3.05, 3.63) is 24.3 Å². The van der Waals surface area contributed by atoms with Gasteiger partial charge >= 0.3 is 0 Å². The van der Waals surface area contributed by atoms with Crippen molar-refractivity contribution in [2.45, 2.75) is 25.8 Å². The quantitative estimate of drug-likeness (QED) is 0.922. The molecule has 2 atom stereocenters. The Hall–Kier alpha value is -1.75. The van der Waals surface area contributed by atoms with E-state index in [2.05, 4.69) is 28.1 Å². The third-order valence-electron chi connectivity index (χ3n) is 4.99. The predicted octanol–water partition coefficient (Wildman–Crippen LogP) is 1.73. The number of nitrogens with one attached hydrogen (secondary N) is 1. The zero-order chi connectivity index (χ0) is 16.2. The number of carbonyl (C=O) groups excluding carboxylic acids is 1. The number of carbonyl (C=O) groups is 1. The van der Waals surface area contributed by atoms with Gasteiger partial charge in [0.1, 0.15) is 5.75 Å². The van der Waals surface area contributed by atoms with Gasteiger partial charge in [0.2, 0.25) is 5.91 Å². The van der Waals surface area contributed by atoms with Gasteiger partial charge in [0, 0.05) is 38.1 Å². The molecule has 0 radical (unpaired) electrons. The van der Waals surface area contributed by atoms with E-state index in [9.17, 15) is 4.79 Å². The first-order chi connectivity index (χ1) is 11.2. The molecule has 126 valence electrons. The van der Waals surface area contributed by atoms with E-state index in [-0.39, 0.29) is 5.92 Å². The largest absolute Gasteiger partial charge is 0.495 e. The Morgan fingerprint density at radius 3 is 2.65 bits per heavy atom. The van der Waals surface area contributed by atoms with Gasteiger partial charge in [-0.15, -0.1) is 0 Å². The van der Waals surface area contributed by atoms with Crippen LogP contribution in [0.5, 0.6) is 5.75 Å². The summed E-state index contributed by atoms with van der Waals surface area (Å²) in [7, 11) is 1.71. The monoisotopic (exact) mass is 317 g/mol. The van der Waals surface area contributed by atoms with Crippen LogP contribution in [0.4, 0.5) is 5.69 Å². The molecule has 3 rings (SSSR count). The van der Waals surface area contributed by atoms with Crippen LogP contribution in [0.2, 0.25) is 0 Å². The van der Waals surface area contributed by atoms with Crippen molar-refractivity contribution in [3.63, 3.8) is 0 Å². The van der Waals surface area contributed by atoms with Crippen molar-refractivity contribution in [3.8, 4) is 5.75 Å². The lowest BCUT2D eigenvalue weighted by atomic mass is 9.92. The summed E-state index contributed by atoms with van der Waals surface area (Å²) in [5, 5.41) is 3.42. The maximum Gasteiger partial charge on any atom is 0.225 e. The molecule has 0 unspecified atom stereocenters. The summed E-state index contributed by atoms with van der Waals surface area (Å²) in [6, 6.07) is 8.55. The Balaban J connectivity index is 1.59. The van der Waals surface area contributed by atoms with E-state index in [1.165, 1.54) is 0 Å². The number of rotatable bonds is 3. The van der Waals surface area contributed by atoms with E-state index in [0.717, 1.165) is 57.0 Å². The SMILES string of the molecule is COc1ccccc1N1CCN(C(=O)[C@H]2CCN[C@@H](C)C2)CC1. The van der Waals surface area contributed by atoms with Gasteiger partial charge in [-0.05, 0) is 38.4 Å². The Morgan fingerprint density at radius 1 is 1.22 bits per heavy atom. The number of methoxy groups -OCH3 is 1. The molecule has 0 aromatic heterocycles. The van der Waals surface area contributed by atoms with Gasteiger partial charge in [0.25, 0.3) is 0 Å². The van der Waals surface area contributed by atoms with E-state index in [1.54, 1.807) is 7.11 Å². The third kappa shape index (κ3) is 3.61. The Morgan fingerprint density at radius 2 is 1.96 bits per heavy atom. The minimum Gasteiger partial charge on any atom is -0.495 e. The highest BCUT2D eigenvalue weighted by Gasteiger charge is 2.30. The second-order valence-corrected chi connectivity index (χ2v) is 6.56. The van der Waals surface area contributed by atoms with Crippen LogP contribution < -0.4 is 15.0 Å². The summed E-state index contributed by atoms with van der Waals surface area (Å²) in [6.07, 6.45) is 1.93. The number of anilines is 1. The number of piperidine rings is 1. The third-order valence-corrected chi connectivity index (χ3v) is 4.99. The maximum absolute atomic E-state index is 12.7. The number of piperazine rings is 1. The molecule has 2 fully saturated rings. The molecule has 23 heavy (non-hydrogen) atoms. The highest BCUT2D eigenvalue weighted by molar-refractivity contribution is 5.79. The molecular weight excluding hydrogens is 290 g/mol. The molecule has 2 heterocycles. The molecular formula is C18H27N3O2. The van der Waals surface area contributed by atoms with Crippen LogP contribution in [0.25, 0.3) is 0 Å². The summed E-state index contributed by atoms with van der Waals surface area (Å²) >= 11 is 0. The average Bonchev–Trinajstić information content (AvgIpc) is 2.61. The van der Waals surface area contributed by atoms with Gasteiger partial charge in [-0.1, -0.05) is 12.1 Å². The molecule has 1 aromatic rings. The number of nitrogens with zero attached hydrogens (tertiary/aromatic N) is 2. The Labute approximate surface area is 138 Å². The molecule has 0 aliphatic carbocycles. The number of benzene rings is 1. The van der Waals surface area contributed by atoms with Gasteiger partial charge in [-0.25, -0.2) is 0 Å². The predicted molar refractivity (Wildman–Crippen MR) is 92.0 cm³/mol. The van der Waals surface area contributed by atoms with E-state index < -0.39 is 0 Å². The summed E-state index contributed by atoms with van der Waals surface area (Å²) in [5.41, 5.74) is 1.12. The number of amides is 1. The van der Waals surface area contributed by atoms with Gasteiger partial charge < -0.3 is 19.9 Å². The first-order valence-corrected chi connectivity index (χ1v) is 8.59. The first kappa shape index (κ1) is 16.1. The van der Waals surface area contributed by atoms with Crippen LogP contribution in [-0.2, 0) is 4.79 Å². The number of ether oxygens (including phenoxy) is 1. The van der Waals surface area contributed by atoms with E-state index in [1.807, 2.05) is 18.2 Å². The highest BCUT2D eigenvalue weighted by atomic mass is 16.5. The first-order valence-electron chi connectivity index (χ1n) is 8.59. The lowest BCUT2D eigenvalue weighted by molar-refractivity contribution is -0.137. The van der Waals surface area contributed by atoms with Crippen molar-refractivity contribution in [2.75, 3.05) is 44.7 Å². The number of hydrogen-bond acceptors (Lipinski definition) is 4. The number of para-hydroxylation sites is 2. The van der Waals surface area contributed by atoms with Crippen LogP contribution in [0.3, 0.4) is 0 Å². The topological polar surface area (TPSA) is 44.8 Å². The van der Waals surface area contributed by atoms with Crippen molar-refractivity contribution < 1.29 is 9.53 Å². The average molecular weight is 317 g/mol. The molecule has 2 aliphatic heterocycles. The van der Waals surface area contributed by atoms with Crippen LogP contribution in [0.15, 0.2) is 24.3 Å². The second kappa shape index (κ2) is 7.21. The maximum atomic E-state index is 12.7. The standard InChI is InChI=1S/C18H27N3O2/c1-14-13-15(7-8-19-14)18(22)21-11-9-20(10-12-21)16-5-3-4-6-17(16)23-2/h3-6,14-15,19H,7-13H2,1-2H3/t14-,15-/m0/s1. The van der Waals surface area contributed by atoms with E-state index in [0.29, 0.717) is 11.9 Å². The van der Waals surface area contributed by atoms with Crippen LogP contribution >= 0.6 is 0 Å². The van der Waals surface area contributed by atoms with Crippen LogP contribution in [0, 0.1) is 5.92 Å². The van der Waals surface area contributed by atoms with Gasteiger partial charge in [-0.3, -0.25) is 4.79 Å². The van der Waals surface area contributed by atoms with Crippen LogP contribution in [0.1, 0.15) is 19.8 Å². The molecule has 5 heteroatoms. The summed E-state index contributed by atoms with van der Waals surface area (Å²) in [6.45, 7) is 6.46. The molecule has 2 saturated heterocycles.